The van der Waals surface area contributed by atoms with Gasteiger partial charge in [0, 0.05) is 18.7 Å². The summed E-state index contributed by atoms with van der Waals surface area (Å²) in [4.78, 5) is 22.7. The molecule has 0 aliphatic heterocycles. The van der Waals surface area contributed by atoms with Gasteiger partial charge in [-0.1, -0.05) is 12.1 Å². The Labute approximate surface area is 106 Å². The summed E-state index contributed by atoms with van der Waals surface area (Å²) in [6.45, 7) is 0.297. The average Bonchev–Trinajstić information content (AvgIpc) is 3.10. The molecule has 0 unspecified atom stereocenters. The minimum absolute atomic E-state index is 0.0338. The Hall–Kier alpha value is -2.04. The monoisotopic (exact) mass is 247 g/mol. The molecule has 1 aliphatic rings. The van der Waals surface area contributed by atoms with Gasteiger partial charge in [0.15, 0.2) is 0 Å². The van der Waals surface area contributed by atoms with Crippen molar-refractivity contribution >= 4 is 17.5 Å². The topological polar surface area (TPSA) is 98.2 Å². The molecule has 5 nitrogen and oxygen atoms in total. The van der Waals surface area contributed by atoms with Crippen LogP contribution in [0.4, 0.5) is 5.69 Å². The third kappa shape index (κ3) is 2.45. The third-order valence-corrected chi connectivity index (χ3v) is 3.30. The van der Waals surface area contributed by atoms with E-state index in [1.807, 2.05) is 12.1 Å². The summed E-state index contributed by atoms with van der Waals surface area (Å²) in [5.41, 5.74) is 11.9. The Bertz CT molecular complexity index is 464. The van der Waals surface area contributed by atoms with Gasteiger partial charge >= 0.3 is 0 Å². The van der Waals surface area contributed by atoms with Gasteiger partial charge < -0.3 is 16.8 Å². The standard InChI is InChI=1S/C13H17N3O2/c14-10-3-1-9(2-4-10)13(6-7-13)12(18)16-8-5-11(15)17/h1-4H,5-8,14H2,(H2,15,17)(H,16,18). The van der Waals surface area contributed by atoms with E-state index in [1.54, 1.807) is 12.1 Å². The van der Waals surface area contributed by atoms with Gasteiger partial charge in [-0.2, -0.15) is 0 Å². The lowest BCUT2D eigenvalue weighted by Crippen LogP contribution is -2.36. The first-order valence-corrected chi connectivity index (χ1v) is 5.97. The van der Waals surface area contributed by atoms with Crippen LogP contribution in [0.25, 0.3) is 0 Å². The Morgan fingerprint density at radius 2 is 1.83 bits per heavy atom. The Morgan fingerprint density at radius 1 is 1.22 bits per heavy atom. The van der Waals surface area contributed by atoms with Crippen molar-refractivity contribution in [3.05, 3.63) is 29.8 Å². The van der Waals surface area contributed by atoms with Crippen LogP contribution in [0.2, 0.25) is 0 Å². The van der Waals surface area contributed by atoms with Crippen molar-refractivity contribution in [1.29, 1.82) is 0 Å². The molecule has 0 saturated heterocycles. The van der Waals surface area contributed by atoms with Crippen molar-refractivity contribution < 1.29 is 9.59 Å². The normalized spacial score (nSPS) is 16.0. The number of nitrogens with two attached hydrogens (primary N) is 2. The smallest absolute Gasteiger partial charge is 0.230 e. The van der Waals surface area contributed by atoms with Gasteiger partial charge in [0.25, 0.3) is 0 Å². The Kier molecular flexibility index (Phi) is 3.23. The van der Waals surface area contributed by atoms with Crippen molar-refractivity contribution in [2.24, 2.45) is 5.73 Å². The summed E-state index contributed by atoms with van der Waals surface area (Å²) < 4.78 is 0. The maximum absolute atomic E-state index is 12.1. The van der Waals surface area contributed by atoms with Gasteiger partial charge in [-0.15, -0.1) is 0 Å². The van der Waals surface area contributed by atoms with Crippen LogP contribution in [0.15, 0.2) is 24.3 Å². The molecule has 5 N–H and O–H groups in total. The van der Waals surface area contributed by atoms with E-state index in [0.717, 1.165) is 18.4 Å². The molecular formula is C13H17N3O2. The number of anilines is 1. The first kappa shape index (κ1) is 12.4. The summed E-state index contributed by atoms with van der Waals surface area (Å²) >= 11 is 0. The SMILES string of the molecule is NC(=O)CCNC(=O)C1(c2ccc(N)cc2)CC1. The second-order valence-electron chi connectivity index (χ2n) is 4.68. The quantitative estimate of drug-likeness (QED) is 0.652. The van der Waals surface area contributed by atoms with Crippen LogP contribution < -0.4 is 16.8 Å². The lowest BCUT2D eigenvalue weighted by atomic mass is 9.95. The lowest BCUT2D eigenvalue weighted by Gasteiger charge is -2.15. The molecule has 5 heteroatoms. The van der Waals surface area contributed by atoms with Crippen molar-refractivity contribution in [3.8, 4) is 0 Å². The molecule has 0 aromatic heterocycles. The highest BCUT2D eigenvalue weighted by molar-refractivity contribution is 5.91. The van der Waals surface area contributed by atoms with Crippen LogP contribution >= 0.6 is 0 Å². The van der Waals surface area contributed by atoms with E-state index in [1.165, 1.54) is 0 Å². The summed E-state index contributed by atoms with van der Waals surface area (Å²) in [5, 5.41) is 2.76. The fourth-order valence-electron chi connectivity index (χ4n) is 2.04. The van der Waals surface area contributed by atoms with Gasteiger partial charge in [-0.25, -0.2) is 0 Å². The van der Waals surface area contributed by atoms with Gasteiger partial charge in [-0.05, 0) is 30.5 Å². The Balaban J connectivity index is 2.00. The average molecular weight is 247 g/mol. The molecular weight excluding hydrogens is 230 g/mol. The van der Waals surface area contributed by atoms with E-state index in [4.69, 9.17) is 11.5 Å². The van der Waals surface area contributed by atoms with Gasteiger partial charge in [0.05, 0.1) is 5.41 Å². The van der Waals surface area contributed by atoms with E-state index in [9.17, 15) is 9.59 Å². The van der Waals surface area contributed by atoms with E-state index in [2.05, 4.69) is 5.32 Å². The van der Waals surface area contributed by atoms with Crippen molar-refractivity contribution in [2.75, 3.05) is 12.3 Å². The van der Waals surface area contributed by atoms with Crippen LogP contribution in [0.5, 0.6) is 0 Å². The largest absolute Gasteiger partial charge is 0.399 e. The molecule has 1 saturated carbocycles. The molecule has 1 aromatic carbocycles. The zero-order valence-corrected chi connectivity index (χ0v) is 10.1. The number of carbonyl (C=O) groups is 2. The fraction of sp³-hybridized carbons (Fsp3) is 0.385. The Morgan fingerprint density at radius 3 is 2.33 bits per heavy atom. The van der Waals surface area contributed by atoms with Crippen molar-refractivity contribution in [1.82, 2.24) is 5.32 Å². The van der Waals surface area contributed by atoms with E-state index in [0.29, 0.717) is 12.2 Å². The summed E-state index contributed by atoms with van der Waals surface area (Å²) in [5.74, 6) is -0.443. The van der Waals surface area contributed by atoms with E-state index >= 15 is 0 Å². The van der Waals surface area contributed by atoms with E-state index in [-0.39, 0.29) is 12.3 Å². The molecule has 96 valence electrons. The molecule has 1 aromatic rings. The predicted molar refractivity (Wildman–Crippen MR) is 68.6 cm³/mol. The zero-order chi connectivity index (χ0) is 13.2. The molecule has 2 amide bonds. The zero-order valence-electron chi connectivity index (χ0n) is 10.1. The lowest BCUT2D eigenvalue weighted by molar-refractivity contribution is -0.123. The molecule has 2 rings (SSSR count). The maximum atomic E-state index is 12.1. The molecule has 0 radical (unpaired) electrons. The summed E-state index contributed by atoms with van der Waals surface area (Å²) in [6.07, 6.45) is 1.84. The van der Waals surface area contributed by atoms with Gasteiger partial charge in [-0.3, -0.25) is 9.59 Å². The van der Waals surface area contributed by atoms with Crippen LogP contribution in [0, 0.1) is 0 Å². The number of primary amides is 1. The van der Waals surface area contributed by atoms with Crippen molar-refractivity contribution in [3.63, 3.8) is 0 Å². The van der Waals surface area contributed by atoms with Crippen LogP contribution in [0.3, 0.4) is 0 Å². The second-order valence-corrected chi connectivity index (χ2v) is 4.68. The third-order valence-electron chi connectivity index (χ3n) is 3.30. The maximum Gasteiger partial charge on any atom is 0.230 e. The second kappa shape index (κ2) is 4.68. The molecule has 0 heterocycles. The number of rotatable bonds is 5. The first-order valence-electron chi connectivity index (χ1n) is 5.97. The number of amides is 2. The number of benzene rings is 1. The highest BCUT2D eigenvalue weighted by Crippen LogP contribution is 2.48. The molecule has 0 atom stereocenters. The molecule has 1 fully saturated rings. The van der Waals surface area contributed by atoms with Crippen molar-refractivity contribution in [2.45, 2.75) is 24.7 Å². The number of hydrogen-bond acceptors (Lipinski definition) is 3. The summed E-state index contributed by atoms with van der Waals surface area (Å²) in [7, 11) is 0. The summed E-state index contributed by atoms with van der Waals surface area (Å²) in [6, 6.07) is 7.37. The van der Waals surface area contributed by atoms with Gasteiger partial charge in [0.2, 0.25) is 11.8 Å². The first-order chi connectivity index (χ1) is 8.54. The highest BCUT2D eigenvalue weighted by atomic mass is 16.2. The number of carbonyl (C=O) groups excluding carboxylic acids is 2. The molecule has 1 aliphatic carbocycles. The van der Waals surface area contributed by atoms with Crippen LogP contribution in [0.1, 0.15) is 24.8 Å². The number of nitrogen functional groups attached to an aromatic ring is 1. The number of nitrogens with one attached hydrogen (secondary N) is 1. The fourth-order valence-corrected chi connectivity index (χ4v) is 2.04. The predicted octanol–water partition coefficient (Wildman–Crippen LogP) is 0.292. The van der Waals surface area contributed by atoms with Crippen LogP contribution in [-0.4, -0.2) is 18.4 Å². The minimum Gasteiger partial charge on any atom is -0.399 e. The van der Waals surface area contributed by atoms with Crippen LogP contribution in [-0.2, 0) is 15.0 Å². The molecule has 0 bridgehead atoms. The van der Waals surface area contributed by atoms with E-state index < -0.39 is 11.3 Å². The highest BCUT2D eigenvalue weighted by Gasteiger charge is 2.50. The molecule has 0 spiro atoms. The van der Waals surface area contributed by atoms with Gasteiger partial charge in [0.1, 0.15) is 0 Å². The number of hydrogen-bond donors (Lipinski definition) is 3. The molecule has 18 heavy (non-hydrogen) atoms. The minimum atomic E-state index is -0.425.